The molecular formula is C23H23N5O4. The number of methoxy groups -OCH3 is 2. The van der Waals surface area contributed by atoms with Crippen molar-refractivity contribution in [3.05, 3.63) is 82.0 Å². The number of fused-ring (bicyclic) bond motifs is 1. The number of hydrogen-bond donors (Lipinski definition) is 2. The van der Waals surface area contributed by atoms with Gasteiger partial charge >= 0.3 is 0 Å². The maximum Gasteiger partial charge on any atom is 0.260 e. The fraction of sp³-hybridized carbons (Fsp3) is 0.217. The Morgan fingerprint density at radius 1 is 1.09 bits per heavy atom. The van der Waals surface area contributed by atoms with Gasteiger partial charge in [-0.3, -0.25) is 20.0 Å². The lowest BCUT2D eigenvalue weighted by Gasteiger charge is -2.11. The smallest absolute Gasteiger partial charge is 0.260 e. The van der Waals surface area contributed by atoms with Gasteiger partial charge in [-0.25, -0.2) is 0 Å². The van der Waals surface area contributed by atoms with Crippen LogP contribution < -0.4 is 15.6 Å². The summed E-state index contributed by atoms with van der Waals surface area (Å²) in [4.78, 5) is 30.1. The van der Waals surface area contributed by atoms with Gasteiger partial charge in [-0.05, 0) is 23.8 Å². The number of aromatic amines is 1. The van der Waals surface area contributed by atoms with E-state index in [2.05, 4.69) is 20.5 Å². The van der Waals surface area contributed by atoms with Crippen molar-refractivity contribution in [3.63, 3.8) is 0 Å². The number of carbonyl (C=O) groups is 1. The molecule has 0 spiro atoms. The van der Waals surface area contributed by atoms with E-state index in [1.54, 1.807) is 44.7 Å². The molecule has 0 unspecified atom stereocenters. The number of hydrogen-bond acceptors (Lipinski definition) is 6. The van der Waals surface area contributed by atoms with Crippen molar-refractivity contribution in [2.24, 2.45) is 0 Å². The second-order valence-corrected chi connectivity index (χ2v) is 7.16. The Labute approximate surface area is 184 Å². The molecule has 2 aromatic carbocycles. The molecule has 0 aliphatic rings. The van der Waals surface area contributed by atoms with Crippen molar-refractivity contribution >= 4 is 22.6 Å². The first-order chi connectivity index (χ1) is 15.6. The second-order valence-electron chi connectivity index (χ2n) is 7.16. The van der Waals surface area contributed by atoms with E-state index in [1.165, 1.54) is 4.57 Å². The van der Waals surface area contributed by atoms with E-state index in [9.17, 15) is 9.59 Å². The average Bonchev–Trinajstić information content (AvgIpc) is 3.25. The maximum atomic E-state index is 13.0. The van der Waals surface area contributed by atoms with Crippen LogP contribution in [-0.2, 0) is 17.7 Å². The highest BCUT2D eigenvalue weighted by atomic mass is 16.5. The van der Waals surface area contributed by atoms with Gasteiger partial charge < -0.3 is 14.0 Å². The van der Waals surface area contributed by atoms with Crippen LogP contribution in [0.3, 0.4) is 0 Å². The average molecular weight is 433 g/mol. The molecule has 1 amide bonds. The van der Waals surface area contributed by atoms with E-state index in [-0.39, 0.29) is 11.5 Å². The number of amides is 1. The van der Waals surface area contributed by atoms with Crippen LogP contribution in [0.15, 0.2) is 59.5 Å². The van der Waals surface area contributed by atoms with Crippen LogP contribution in [0.5, 0.6) is 5.75 Å². The zero-order chi connectivity index (χ0) is 22.5. The minimum absolute atomic E-state index is 0.164. The van der Waals surface area contributed by atoms with Gasteiger partial charge in [0.15, 0.2) is 0 Å². The van der Waals surface area contributed by atoms with E-state index in [1.807, 2.05) is 24.3 Å². The molecule has 0 atom stereocenters. The van der Waals surface area contributed by atoms with Gasteiger partial charge in [0, 0.05) is 37.0 Å². The number of rotatable bonds is 8. The molecular weight excluding hydrogens is 410 g/mol. The Hall–Kier alpha value is -3.98. The van der Waals surface area contributed by atoms with E-state index < -0.39 is 5.91 Å². The largest absolute Gasteiger partial charge is 0.497 e. The molecule has 0 aliphatic heterocycles. The van der Waals surface area contributed by atoms with Crippen LogP contribution in [0, 0.1) is 0 Å². The summed E-state index contributed by atoms with van der Waals surface area (Å²) in [5, 5.41) is 10.7. The van der Waals surface area contributed by atoms with Crippen molar-refractivity contribution in [2.45, 2.75) is 13.0 Å². The number of ether oxygens (including phenoxy) is 2. The van der Waals surface area contributed by atoms with Crippen molar-refractivity contribution in [2.75, 3.05) is 26.1 Å². The molecule has 4 aromatic rings. The molecule has 9 nitrogen and oxygen atoms in total. The topological polar surface area (TPSA) is 111 Å². The lowest BCUT2D eigenvalue weighted by Crippen LogP contribution is -2.25. The van der Waals surface area contributed by atoms with Crippen LogP contribution in [0.1, 0.15) is 21.7 Å². The first-order valence-electron chi connectivity index (χ1n) is 10.1. The predicted molar refractivity (Wildman–Crippen MR) is 120 cm³/mol. The molecule has 2 N–H and O–H groups in total. The highest BCUT2D eigenvalue weighted by Gasteiger charge is 2.16. The first-order valence-corrected chi connectivity index (χ1v) is 10.1. The summed E-state index contributed by atoms with van der Waals surface area (Å²) in [6.45, 7) is 0.696. The Balaban J connectivity index is 1.56. The van der Waals surface area contributed by atoms with Gasteiger partial charge in [-0.2, -0.15) is 4.98 Å². The van der Waals surface area contributed by atoms with Gasteiger partial charge in [0.05, 0.1) is 19.3 Å². The molecule has 2 aromatic heterocycles. The van der Waals surface area contributed by atoms with E-state index >= 15 is 0 Å². The van der Waals surface area contributed by atoms with Crippen molar-refractivity contribution in [3.8, 4) is 5.75 Å². The lowest BCUT2D eigenvalue weighted by atomic mass is 10.1. The molecule has 0 saturated heterocycles. The molecule has 0 aliphatic carbocycles. The third kappa shape index (κ3) is 4.52. The number of nitrogens with one attached hydrogen (secondary N) is 2. The maximum absolute atomic E-state index is 13.0. The number of H-pyrrole nitrogens is 1. The number of benzene rings is 2. The minimum atomic E-state index is -0.401. The Bertz CT molecular complexity index is 1290. The van der Waals surface area contributed by atoms with Crippen molar-refractivity contribution < 1.29 is 14.3 Å². The third-order valence-corrected chi connectivity index (χ3v) is 5.06. The zero-order valence-electron chi connectivity index (χ0n) is 17.8. The summed E-state index contributed by atoms with van der Waals surface area (Å²) in [5.74, 6) is 1.15. The summed E-state index contributed by atoms with van der Waals surface area (Å²) in [6.07, 6.45) is 2.07. The molecule has 0 saturated carbocycles. The number of carbonyl (C=O) groups excluding carboxylic acids is 1. The van der Waals surface area contributed by atoms with E-state index in [0.717, 1.165) is 11.3 Å². The minimum Gasteiger partial charge on any atom is -0.497 e. The van der Waals surface area contributed by atoms with Gasteiger partial charge in [0.25, 0.3) is 11.5 Å². The summed E-state index contributed by atoms with van der Waals surface area (Å²) >= 11 is 0. The van der Waals surface area contributed by atoms with Gasteiger partial charge in [-0.1, -0.05) is 30.3 Å². The van der Waals surface area contributed by atoms with Gasteiger partial charge in [0.1, 0.15) is 11.6 Å². The molecule has 0 fully saturated rings. The Morgan fingerprint density at radius 3 is 2.56 bits per heavy atom. The van der Waals surface area contributed by atoms with Crippen LogP contribution in [0.25, 0.3) is 10.8 Å². The highest BCUT2D eigenvalue weighted by Crippen LogP contribution is 2.17. The molecule has 2 heterocycles. The van der Waals surface area contributed by atoms with Crippen LogP contribution >= 0.6 is 0 Å². The molecule has 32 heavy (non-hydrogen) atoms. The standard InChI is InChI=1S/C23H23N5O4/c1-31-12-11-28-14-19(17-5-3-4-6-18(17)22(28)30)21(29)25-23-24-20(26-27-23)13-15-7-9-16(32-2)10-8-15/h3-10,14H,11-13H2,1-2H3,(H2,24,25,26,27,29). The number of anilines is 1. The zero-order valence-corrected chi connectivity index (χ0v) is 17.8. The van der Waals surface area contributed by atoms with Gasteiger partial charge in [-0.15, -0.1) is 5.10 Å². The number of aromatic nitrogens is 4. The normalized spacial score (nSPS) is 10.9. The van der Waals surface area contributed by atoms with Gasteiger partial charge in [0.2, 0.25) is 5.95 Å². The molecule has 4 rings (SSSR count). The highest BCUT2D eigenvalue weighted by molar-refractivity contribution is 6.12. The van der Waals surface area contributed by atoms with E-state index in [4.69, 9.17) is 9.47 Å². The monoisotopic (exact) mass is 433 g/mol. The Kier molecular flexibility index (Phi) is 6.27. The predicted octanol–water partition coefficient (Wildman–Crippen LogP) is 2.62. The summed E-state index contributed by atoms with van der Waals surface area (Å²) in [6, 6.07) is 14.6. The van der Waals surface area contributed by atoms with E-state index in [0.29, 0.717) is 41.7 Å². The fourth-order valence-corrected chi connectivity index (χ4v) is 3.42. The number of nitrogens with zero attached hydrogens (tertiary/aromatic N) is 3. The third-order valence-electron chi connectivity index (χ3n) is 5.06. The summed E-state index contributed by atoms with van der Waals surface area (Å²) in [7, 11) is 3.18. The van der Waals surface area contributed by atoms with Crippen molar-refractivity contribution in [1.29, 1.82) is 0 Å². The second kappa shape index (κ2) is 9.44. The lowest BCUT2D eigenvalue weighted by molar-refractivity contribution is 0.102. The molecule has 0 radical (unpaired) electrons. The van der Waals surface area contributed by atoms with Crippen molar-refractivity contribution in [1.82, 2.24) is 19.7 Å². The molecule has 164 valence electrons. The van der Waals surface area contributed by atoms with Crippen LogP contribution in [-0.4, -0.2) is 46.5 Å². The summed E-state index contributed by atoms with van der Waals surface area (Å²) < 4.78 is 11.7. The molecule has 9 heteroatoms. The fourth-order valence-electron chi connectivity index (χ4n) is 3.42. The molecule has 0 bridgehead atoms. The van der Waals surface area contributed by atoms with Crippen LogP contribution in [0.4, 0.5) is 5.95 Å². The number of pyridine rings is 1. The Morgan fingerprint density at radius 2 is 1.84 bits per heavy atom. The quantitative estimate of drug-likeness (QED) is 0.442. The SMILES string of the molecule is COCCn1cc(C(=O)Nc2n[nH]c(Cc3ccc(OC)cc3)n2)c2ccccc2c1=O. The first kappa shape index (κ1) is 21.3. The van der Waals surface area contributed by atoms with Crippen LogP contribution in [0.2, 0.25) is 0 Å². The summed E-state index contributed by atoms with van der Waals surface area (Å²) in [5.41, 5.74) is 1.21.